The fourth-order valence-corrected chi connectivity index (χ4v) is 5.90. The van der Waals surface area contributed by atoms with E-state index in [0.717, 1.165) is 11.1 Å². The van der Waals surface area contributed by atoms with Crippen molar-refractivity contribution in [3.63, 3.8) is 0 Å². The van der Waals surface area contributed by atoms with E-state index in [1.165, 1.54) is 22.5 Å². The third-order valence-electron chi connectivity index (χ3n) is 5.72. The first-order valence-corrected chi connectivity index (χ1v) is 12.6. The normalized spacial score (nSPS) is 11.5. The first-order valence-electron chi connectivity index (χ1n) is 11.2. The number of amides is 1. The van der Waals surface area contributed by atoms with E-state index in [1.807, 2.05) is 49.4 Å². The van der Waals surface area contributed by atoms with Crippen molar-refractivity contribution in [2.24, 2.45) is 0 Å². The fourth-order valence-electron chi connectivity index (χ4n) is 4.09. The second kappa shape index (κ2) is 10.8. The largest absolute Gasteiger partial charge is 0.324 e. The van der Waals surface area contributed by atoms with Gasteiger partial charge in [0.25, 0.3) is 5.69 Å². The predicted octanol–water partition coefficient (Wildman–Crippen LogP) is 4.70. The molecule has 0 heterocycles. The van der Waals surface area contributed by atoms with Crippen LogP contribution >= 0.6 is 0 Å². The highest BCUT2D eigenvalue weighted by Crippen LogP contribution is 2.26. The molecule has 0 aliphatic rings. The van der Waals surface area contributed by atoms with Gasteiger partial charge in [-0.1, -0.05) is 54.1 Å². The molecule has 1 amide bonds. The molecule has 0 unspecified atom stereocenters. The van der Waals surface area contributed by atoms with E-state index in [9.17, 15) is 23.3 Å². The monoisotopic (exact) mass is 495 g/mol. The molecule has 35 heavy (non-hydrogen) atoms. The van der Waals surface area contributed by atoms with Crippen molar-refractivity contribution in [1.29, 1.82) is 0 Å². The summed E-state index contributed by atoms with van der Waals surface area (Å²) in [5.41, 5.74) is 3.86. The lowest BCUT2D eigenvalue weighted by molar-refractivity contribution is -0.384. The predicted molar refractivity (Wildman–Crippen MR) is 136 cm³/mol. The summed E-state index contributed by atoms with van der Waals surface area (Å²) in [6.45, 7) is 6.77. The van der Waals surface area contributed by atoms with Crippen LogP contribution in [0.4, 0.5) is 11.4 Å². The molecule has 8 nitrogen and oxygen atoms in total. The van der Waals surface area contributed by atoms with Gasteiger partial charge in [0.15, 0.2) is 0 Å². The van der Waals surface area contributed by atoms with Crippen molar-refractivity contribution in [2.75, 3.05) is 18.4 Å². The Balaban J connectivity index is 1.92. The zero-order chi connectivity index (χ0) is 25.8. The molecule has 3 aromatic carbocycles. The van der Waals surface area contributed by atoms with E-state index < -0.39 is 27.4 Å². The summed E-state index contributed by atoms with van der Waals surface area (Å²) in [6, 6.07) is 17.2. The second-order valence-electron chi connectivity index (χ2n) is 8.61. The van der Waals surface area contributed by atoms with E-state index in [-0.39, 0.29) is 22.8 Å². The molecule has 0 saturated heterocycles. The average Bonchev–Trinajstić information content (AvgIpc) is 2.77. The van der Waals surface area contributed by atoms with Gasteiger partial charge in [-0.05, 0) is 56.4 Å². The topological polar surface area (TPSA) is 110 Å². The highest BCUT2D eigenvalue weighted by molar-refractivity contribution is 7.89. The van der Waals surface area contributed by atoms with Crippen LogP contribution in [-0.4, -0.2) is 36.6 Å². The number of nitrogens with zero attached hydrogens (tertiary/aromatic N) is 2. The summed E-state index contributed by atoms with van der Waals surface area (Å²) in [5.74, 6) is -0.576. The number of nitro groups is 1. The molecule has 0 aliphatic heterocycles. The van der Waals surface area contributed by atoms with Crippen LogP contribution in [0.25, 0.3) is 0 Å². The van der Waals surface area contributed by atoms with Gasteiger partial charge in [0.05, 0.1) is 22.1 Å². The summed E-state index contributed by atoms with van der Waals surface area (Å²) in [6.07, 6.45) is 0.424. The Kier molecular flexibility index (Phi) is 8.03. The van der Waals surface area contributed by atoms with Gasteiger partial charge in [0, 0.05) is 18.7 Å². The molecular formula is C26H29N3O5S. The summed E-state index contributed by atoms with van der Waals surface area (Å²) in [4.78, 5) is 23.8. The fraction of sp³-hybridized carbons (Fsp3) is 0.269. The Morgan fingerprint density at radius 2 is 1.57 bits per heavy atom. The molecule has 3 aromatic rings. The number of anilines is 1. The van der Waals surface area contributed by atoms with Crippen molar-refractivity contribution < 1.29 is 18.1 Å². The number of benzene rings is 3. The molecule has 0 aliphatic carbocycles. The smallest absolute Gasteiger partial charge is 0.271 e. The number of sulfonamides is 1. The maximum absolute atomic E-state index is 13.8. The van der Waals surface area contributed by atoms with Crippen LogP contribution in [0.15, 0.2) is 65.6 Å². The van der Waals surface area contributed by atoms with Gasteiger partial charge in [-0.2, -0.15) is 4.31 Å². The molecule has 0 bridgehead atoms. The lowest BCUT2D eigenvalue weighted by Gasteiger charge is -2.24. The van der Waals surface area contributed by atoms with Crippen LogP contribution < -0.4 is 5.32 Å². The SMILES string of the molecule is Cc1cc(C)c(S(=O)(=O)N(CCc2ccccc2)CC(=O)Nc2cc([N+](=O)[O-])ccc2C)c(C)c1. The number of carbonyl (C=O) groups excluding carboxylic acids is 1. The Morgan fingerprint density at radius 3 is 2.17 bits per heavy atom. The molecule has 0 fully saturated rings. The maximum Gasteiger partial charge on any atom is 0.271 e. The van der Waals surface area contributed by atoms with Crippen molar-refractivity contribution >= 4 is 27.3 Å². The Hall–Kier alpha value is -3.56. The number of non-ortho nitro benzene ring substituents is 1. The van der Waals surface area contributed by atoms with Crippen molar-refractivity contribution in [2.45, 2.75) is 39.0 Å². The third kappa shape index (κ3) is 6.32. The summed E-state index contributed by atoms with van der Waals surface area (Å²) in [7, 11) is -4.00. The van der Waals surface area contributed by atoms with E-state index in [0.29, 0.717) is 23.1 Å². The van der Waals surface area contributed by atoms with Crippen molar-refractivity contribution in [3.8, 4) is 0 Å². The van der Waals surface area contributed by atoms with Gasteiger partial charge in [0.1, 0.15) is 0 Å². The van der Waals surface area contributed by atoms with Crippen LogP contribution in [0.2, 0.25) is 0 Å². The van der Waals surface area contributed by atoms with Gasteiger partial charge in [-0.25, -0.2) is 8.42 Å². The Labute approximate surface area is 205 Å². The number of rotatable bonds is 9. The zero-order valence-electron chi connectivity index (χ0n) is 20.2. The van der Waals surface area contributed by atoms with Gasteiger partial charge >= 0.3 is 0 Å². The van der Waals surface area contributed by atoms with Crippen molar-refractivity contribution in [1.82, 2.24) is 4.31 Å². The molecule has 0 saturated carbocycles. The first-order chi connectivity index (χ1) is 16.5. The van der Waals surface area contributed by atoms with Crippen LogP contribution in [0.1, 0.15) is 27.8 Å². The minimum atomic E-state index is -4.00. The molecular weight excluding hydrogens is 466 g/mol. The maximum atomic E-state index is 13.8. The summed E-state index contributed by atoms with van der Waals surface area (Å²) in [5, 5.41) is 13.8. The first kappa shape index (κ1) is 26.1. The van der Waals surface area contributed by atoms with E-state index in [2.05, 4.69) is 5.32 Å². The number of carbonyl (C=O) groups is 1. The third-order valence-corrected chi connectivity index (χ3v) is 7.87. The molecule has 0 radical (unpaired) electrons. The van der Waals surface area contributed by atoms with Crippen LogP contribution in [-0.2, 0) is 21.2 Å². The number of hydrogen-bond acceptors (Lipinski definition) is 5. The second-order valence-corrected chi connectivity index (χ2v) is 10.5. The van der Waals surface area contributed by atoms with E-state index in [1.54, 1.807) is 20.8 Å². The number of nitrogens with one attached hydrogen (secondary N) is 1. The molecule has 1 N–H and O–H groups in total. The summed E-state index contributed by atoms with van der Waals surface area (Å²) < 4.78 is 28.7. The zero-order valence-corrected chi connectivity index (χ0v) is 21.1. The summed E-state index contributed by atoms with van der Waals surface area (Å²) >= 11 is 0. The average molecular weight is 496 g/mol. The molecule has 184 valence electrons. The van der Waals surface area contributed by atoms with E-state index in [4.69, 9.17) is 0 Å². The van der Waals surface area contributed by atoms with Crippen LogP contribution in [0, 0.1) is 37.8 Å². The van der Waals surface area contributed by atoms with Gasteiger partial charge in [0.2, 0.25) is 15.9 Å². The van der Waals surface area contributed by atoms with Gasteiger partial charge in [-0.15, -0.1) is 0 Å². The number of hydrogen-bond donors (Lipinski definition) is 1. The lowest BCUT2D eigenvalue weighted by atomic mass is 10.1. The Bertz CT molecular complexity index is 1330. The number of aryl methyl sites for hydroxylation is 4. The van der Waals surface area contributed by atoms with Crippen LogP contribution in [0.3, 0.4) is 0 Å². The molecule has 0 aromatic heterocycles. The minimum Gasteiger partial charge on any atom is -0.324 e. The molecule has 3 rings (SSSR count). The Morgan fingerprint density at radius 1 is 0.943 bits per heavy atom. The van der Waals surface area contributed by atoms with E-state index >= 15 is 0 Å². The van der Waals surface area contributed by atoms with Gasteiger partial charge < -0.3 is 5.32 Å². The van der Waals surface area contributed by atoms with Crippen LogP contribution in [0.5, 0.6) is 0 Å². The minimum absolute atomic E-state index is 0.0977. The highest BCUT2D eigenvalue weighted by Gasteiger charge is 2.30. The molecule has 9 heteroatoms. The highest BCUT2D eigenvalue weighted by atomic mass is 32.2. The standard InChI is InChI=1S/C26H29N3O5S/c1-18-14-20(3)26(21(4)15-18)35(33,34)28(13-12-22-8-6-5-7-9-22)17-25(30)27-24-16-23(29(31)32)11-10-19(24)2/h5-11,14-16H,12-13,17H2,1-4H3,(H,27,30). The molecule has 0 atom stereocenters. The quantitative estimate of drug-likeness (QED) is 0.342. The van der Waals surface area contributed by atoms with Gasteiger partial charge in [-0.3, -0.25) is 14.9 Å². The number of nitro benzene ring substituents is 1. The molecule has 0 spiro atoms. The lowest BCUT2D eigenvalue weighted by Crippen LogP contribution is -2.40. The van der Waals surface area contributed by atoms with Crippen molar-refractivity contribution in [3.05, 3.63) is 98.6 Å².